The maximum atomic E-state index is 13.0. The largest absolute Gasteiger partial charge is 0.423 e. The summed E-state index contributed by atoms with van der Waals surface area (Å²) >= 11 is 6.07. The van der Waals surface area contributed by atoms with Crippen molar-refractivity contribution in [3.63, 3.8) is 0 Å². The summed E-state index contributed by atoms with van der Waals surface area (Å²) in [5, 5.41) is 1.08. The van der Waals surface area contributed by atoms with Crippen LogP contribution in [0.1, 0.15) is 48.4 Å². The zero-order chi connectivity index (χ0) is 18.7. The molecule has 26 heavy (non-hydrogen) atoms. The van der Waals surface area contributed by atoms with E-state index in [1.165, 1.54) is 0 Å². The second kappa shape index (κ2) is 7.70. The molecule has 0 atom stereocenters. The van der Waals surface area contributed by atoms with Gasteiger partial charge in [-0.15, -0.1) is 0 Å². The van der Waals surface area contributed by atoms with Crippen molar-refractivity contribution in [1.29, 1.82) is 0 Å². The highest BCUT2D eigenvalue weighted by atomic mass is 35.5. The van der Waals surface area contributed by atoms with Crippen LogP contribution in [0.4, 0.5) is 0 Å². The SMILES string of the molecule is CCCc1ccnc(C(=O)c2[nH]c3ccc(Cl)cc3c2OC(=O)CC)c1. The molecule has 0 radical (unpaired) electrons. The molecular weight excluding hydrogens is 352 g/mol. The van der Waals surface area contributed by atoms with E-state index in [9.17, 15) is 9.59 Å². The first-order valence-corrected chi connectivity index (χ1v) is 8.92. The minimum absolute atomic E-state index is 0.196. The number of esters is 1. The second-order valence-corrected chi connectivity index (χ2v) is 6.41. The monoisotopic (exact) mass is 370 g/mol. The summed E-state index contributed by atoms with van der Waals surface area (Å²) in [4.78, 5) is 32.1. The molecule has 1 N–H and O–H groups in total. The van der Waals surface area contributed by atoms with E-state index in [4.69, 9.17) is 16.3 Å². The van der Waals surface area contributed by atoms with E-state index in [0.29, 0.717) is 21.6 Å². The molecule has 2 aromatic heterocycles. The van der Waals surface area contributed by atoms with Crippen molar-refractivity contribution in [2.75, 3.05) is 0 Å². The molecule has 0 saturated carbocycles. The Morgan fingerprint density at radius 2 is 2.00 bits per heavy atom. The van der Waals surface area contributed by atoms with Crippen molar-refractivity contribution in [3.8, 4) is 5.75 Å². The number of halogens is 1. The predicted octanol–water partition coefficient (Wildman–Crippen LogP) is 4.72. The average Bonchev–Trinajstić information content (AvgIpc) is 2.99. The molecule has 134 valence electrons. The molecule has 0 fully saturated rings. The van der Waals surface area contributed by atoms with Gasteiger partial charge in [-0.1, -0.05) is 31.9 Å². The van der Waals surface area contributed by atoms with E-state index in [1.807, 2.05) is 6.07 Å². The van der Waals surface area contributed by atoms with Gasteiger partial charge in [0.1, 0.15) is 11.4 Å². The van der Waals surface area contributed by atoms with E-state index in [0.717, 1.165) is 18.4 Å². The number of ketones is 1. The van der Waals surface area contributed by atoms with Gasteiger partial charge in [0.05, 0.1) is 0 Å². The number of fused-ring (bicyclic) bond motifs is 1. The Labute approximate surface area is 156 Å². The Morgan fingerprint density at radius 3 is 2.73 bits per heavy atom. The molecule has 0 spiro atoms. The quantitative estimate of drug-likeness (QED) is 0.503. The standard InChI is InChI=1S/C20H19ClN2O3/c1-3-5-12-8-9-22-16(10-12)19(25)18-20(26-17(24)4-2)14-11-13(21)6-7-15(14)23-18/h6-11,23H,3-5H2,1-2H3. The lowest BCUT2D eigenvalue weighted by Gasteiger charge is -2.06. The van der Waals surface area contributed by atoms with E-state index in [2.05, 4.69) is 16.9 Å². The van der Waals surface area contributed by atoms with Crippen LogP contribution in [-0.2, 0) is 11.2 Å². The number of pyridine rings is 1. The summed E-state index contributed by atoms with van der Waals surface area (Å²) in [6.07, 6.45) is 3.66. The number of carbonyl (C=O) groups is 2. The first-order chi connectivity index (χ1) is 12.5. The van der Waals surface area contributed by atoms with E-state index in [-0.39, 0.29) is 23.6 Å². The molecule has 5 nitrogen and oxygen atoms in total. The van der Waals surface area contributed by atoms with Gasteiger partial charge in [0.15, 0.2) is 5.75 Å². The van der Waals surface area contributed by atoms with Crippen LogP contribution >= 0.6 is 11.6 Å². The van der Waals surface area contributed by atoms with Crippen LogP contribution < -0.4 is 4.74 Å². The second-order valence-electron chi connectivity index (χ2n) is 5.98. The van der Waals surface area contributed by atoms with Gasteiger partial charge in [0, 0.05) is 28.5 Å². The normalized spacial score (nSPS) is 10.9. The lowest BCUT2D eigenvalue weighted by atomic mass is 10.1. The summed E-state index contributed by atoms with van der Waals surface area (Å²) in [6, 6.07) is 8.79. The van der Waals surface area contributed by atoms with Crippen molar-refractivity contribution in [2.45, 2.75) is 33.1 Å². The maximum absolute atomic E-state index is 13.0. The number of aryl methyl sites for hydroxylation is 1. The minimum Gasteiger partial charge on any atom is -0.423 e. The smallest absolute Gasteiger partial charge is 0.310 e. The minimum atomic E-state index is -0.424. The van der Waals surface area contributed by atoms with Gasteiger partial charge in [-0.05, 0) is 42.3 Å². The zero-order valence-electron chi connectivity index (χ0n) is 14.6. The molecule has 0 aliphatic heterocycles. The van der Waals surface area contributed by atoms with Gasteiger partial charge in [-0.3, -0.25) is 14.6 Å². The molecule has 0 unspecified atom stereocenters. The number of H-pyrrole nitrogens is 1. The van der Waals surface area contributed by atoms with Gasteiger partial charge in [-0.25, -0.2) is 0 Å². The van der Waals surface area contributed by atoms with Crippen LogP contribution in [-0.4, -0.2) is 21.7 Å². The number of nitrogens with zero attached hydrogens (tertiary/aromatic N) is 1. The van der Waals surface area contributed by atoms with Gasteiger partial charge >= 0.3 is 5.97 Å². The van der Waals surface area contributed by atoms with E-state index in [1.54, 1.807) is 37.4 Å². The lowest BCUT2D eigenvalue weighted by molar-refractivity contribution is -0.133. The fourth-order valence-corrected chi connectivity index (χ4v) is 2.93. The molecular formula is C20H19ClN2O3. The molecule has 0 aliphatic rings. The number of hydrogen-bond donors (Lipinski definition) is 1. The number of aromatic nitrogens is 2. The van der Waals surface area contributed by atoms with Crippen LogP contribution in [0.3, 0.4) is 0 Å². The van der Waals surface area contributed by atoms with Crippen LogP contribution in [0.15, 0.2) is 36.5 Å². The topological polar surface area (TPSA) is 72.1 Å². The van der Waals surface area contributed by atoms with Gasteiger partial charge in [-0.2, -0.15) is 0 Å². The highest BCUT2D eigenvalue weighted by Crippen LogP contribution is 2.33. The molecule has 6 heteroatoms. The Morgan fingerprint density at radius 1 is 1.19 bits per heavy atom. The van der Waals surface area contributed by atoms with Gasteiger partial charge < -0.3 is 9.72 Å². The zero-order valence-corrected chi connectivity index (χ0v) is 15.4. The Hall–Kier alpha value is -2.66. The van der Waals surface area contributed by atoms with Crippen LogP contribution in [0, 0.1) is 0 Å². The highest BCUT2D eigenvalue weighted by molar-refractivity contribution is 6.31. The van der Waals surface area contributed by atoms with E-state index < -0.39 is 5.97 Å². The number of hydrogen-bond acceptors (Lipinski definition) is 4. The molecule has 2 heterocycles. The molecule has 0 aliphatic carbocycles. The molecule has 1 aromatic carbocycles. The van der Waals surface area contributed by atoms with Crippen molar-refractivity contribution in [1.82, 2.24) is 9.97 Å². The number of carbonyl (C=O) groups excluding carboxylic acids is 2. The van der Waals surface area contributed by atoms with Gasteiger partial charge in [0.25, 0.3) is 0 Å². The molecule has 0 bridgehead atoms. The van der Waals surface area contributed by atoms with Crippen LogP contribution in [0.25, 0.3) is 10.9 Å². The molecule has 3 rings (SSSR count). The summed E-state index contributed by atoms with van der Waals surface area (Å²) in [6.45, 7) is 3.77. The number of benzene rings is 1. The molecule has 0 amide bonds. The van der Waals surface area contributed by atoms with Crippen molar-refractivity contribution in [2.24, 2.45) is 0 Å². The Bertz CT molecular complexity index is 978. The maximum Gasteiger partial charge on any atom is 0.310 e. The molecule has 0 saturated heterocycles. The first-order valence-electron chi connectivity index (χ1n) is 8.55. The third-order valence-corrected chi connectivity index (χ3v) is 4.28. The third-order valence-electron chi connectivity index (χ3n) is 4.04. The average molecular weight is 371 g/mol. The summed E-state index contributed by atoms with van der Waals surface area (Å²) in [5.41, 5.74) is 2.21. The van der Waals surface area contributed by atoms with Crippen molar-refractivity contribution < 1.29 is 14.3 Å². The Balaban J connectivity index is 2.11. The molecule has 3 aromatic rings. The first kappa shape index (κ1) is 18.1. The predicted molar refractivity (Wildman–Crippen MR) is 101 cm³/mol. The summed E-state index contributed by atoms with van der Waals surface area (Å²) in [5.74, 6) is -0.552. The fourth-order valence-electron chi connectivity index (χ4n) is 2.76. The third kappa shape index (κ3) is 3.63. The lowest BCUT2D eigenvalue weighted by Crippen LogP contribution is -2.11. The summed E-state index contributed by atoms with van der Waals surface area (Å²) in [7, 11) is 0. The van der Waals surface area contributed by atoms with Gasteiger partial charge in [0.2, 0.25) is 5.78 Å². The Kier molecular flexibility index (Phi) is 5.38. The van der Waals surface area contributed by atoms with Crippen LogP contribution in [0.5, 0.6) is 5.75 Å². The number of aromatic amines is 1. The van der Waals surface area contributed by atoms with E-state index >= 15 is 0 Å². The number of nitrogens with one attached hydrogen (secondary N) is 1. The number of ether oxygens (including phenoxy) is 1. The van der Waals surface area contributed by atoms with Crippen molar-refractivity contribution >= 4 is 34.3 Å². The van der Waals surface area contributed by atoms with Crippen molar-refractivity contribution in [3.05, 3.63) is 58.5 Å². The summed E-state index contributed by atoms with van der Waals surface area (Å²) < 4.78 is 5.45. The van der Waals surface area contributed by atoms with Crippen LogP contribution in [0.2, 0.25) is 5.02 Å². The fraction of sp³-hybridized carbons (Fsp3) is 0.250. The highest BCUT2D eigenvalue weighted by Gasteiger charge is 2.23. The number of rotatable bonds is 6.